The van der Waals surface area contributed by atoms with E-state index in [0.717, 1.165) is 63.9 Å². The highest BCUT2D eigenvalue weighted by Crippen LogP contribution is 2.34. The Morgan fingerprint density at radius 1 is 1.18 bits per heavy atom. The highest BCUT2D eigenvalue weighted by atomic mass is 16.6. The number of hydrogen-bond donors (Lipinski definition) is 3. The molecule has 0 saturated carbocycles. The van der Waals surface area contributed by atoms with Crippen LogP contribution in [-0.2, 0) is 4.84 Å². The average molecular weight is 527 g/mol. The van der Waals surface area contributed by atoms with E-state index in [1.807, 2.05) is 53.8 Å². The van der Waals surface area contributed by atoms with E-state index < -0.39 is 0 Å². The fourth-order valence-electron chi connectivity index (χ4n) is 5.23. The average Bonchev–Trinajstić information content (AvgIpc) is 3.52. The molecule has 1 fully saturated rings. The summed E-state index contributed by atoms with van der Waals surface area (Å²) in [5, 5.41) is 12.9. The number of nitrogens with one attached hydrogen (secondary N) is 1. The number of nitrogens with two attached hydrogens (primary N) is 2. The first-order valence-corrected chi connectivity index (χ1v) is 12.8. The molecule has 0 aliphatic carbocycles. The van der Waals surface area contributed by atoms with Crippen molar-refractivity contribution in [2.75, 3.05) is 31.2 Å². The maximum absolute atomic E-state index is 6.34. The maximum Gasteiger partial charge on any atom is 0.300 e. The molecule has 0 spiro atoms. The van der Waals surface area contributed by atoms with Crippen LogP contribution in [0.15, 0.2) is 52.3 Å². The van der Waals surface area contributed by atoms with Crippen LogP contribution in [0.25, 0.3) is 33.4 Å². The Balaban J connectivity index is 1.31. The van der Waals surface area contributed by atoms with Crippen molar-refractivity contribution < 1.29 is 9.25 Å². The predicted molar refractivity (Wildman–Crippen MR) is 150 cm³/mol. The van der Waals surface area contributed by atoms with Gasteiger partial charge in [-0.3, -0.25) is 0 Å². The van der Waals surface area contributed by atoms with E-state index in [9.17, 15) is 0 Å². The first-order chi connectivity index (χ1) is 18.9. The van der Waals surface area contributed by atoms with Gasteiger partial charge in [0.2, 0.25) is 5.96 Å². The Morgan fingerprint density at radius 3 is 2.79 bits per heavy atom. The van der Waals surface area contributed by atoms with E-state index >= 15 is 0 Å². The predicted octanol–water partition coefficient (Wildman–Crippen LogP) is 4.09. The SMILES string of the molecule is CO/N=C(\N)N1CCCC(n2nc(-c3ccc(Nc4nc5cc(C)cc(C)c5o4)cc3)c3c(N)ncnc32)C1. The lowest BCUT2D eigenvalue weighted by Gasteiger charge is -2.33. The third kappa shape index (κ3) is 4.54. The molecule has 0 radical (unpaired) electrons. The van der Waals surface area contributed by atoms with Crippen LogP contribution >= 0.6 is 0 Å². The zero-order valence-corrected chi connectivity index (χ0v) is 22.0. The van der Waals surface area contributed by atoms with Gasteiger partial charge in [0.25, 0.3) is 6.01 Å². The number of rotatable bonds is 5. The molecule has 1 unspecified atom stereocenters. The number of nitrogens with zero attached hydrogens (tertiary/aromatic N) is 7. The van der Waals surface area contributed by atoms with Gasteiger partial charge in [-0.05, 0) is 61.2 Å². The number of oxazole rings is 1. The number of hydrogen-bond acceptors (Lipinski definition) is 9. The molecule has 39 heavy (non-hydrogen) atoms. The van der Waals surface area contributed by atoms with E-state index in [-0.39, 0.29) is 6.04 Å². The van der Waals surface area contributed by atoms with Gasteiger partial charge >= 0.3 is 0 Å². The highest BCUT2D eigenvalue weighted by Gasteiger charge is 2.27. The molecule has 3 aromatic heterocycles. The quantitative estimate of drug-likeness (QED) is 0.173. The normalized spacial score (nSPS) is 16.2. The molecular weight excluding hydrogens is 496 g/mol. The van der Waals surface area contributed by atoms with Crippen molar-refractivity contribution in [3.8, 4) is 11.3 Å². The zero-order chi connectivity index (χ0) is 27.1. The summed E-state index contributed by atoms with van der Waals surface area (Å²) in [7, 11) is 1.48. The summed E-state index contributed by atoms with van der Waals surface area (Å²) in [5.41, 5.74) is 19.4. The van der Waals surface area contributed by atoms with Crippen molar-refractivity contribution in [2.45, 2.75) is 32.7 Å². The van der Waals surface area contributed by atoms with Crippen LogP contribution in [0.3, 0.4) is 0 Å². The largest absolute Gasteiger partial charge is 0.423 e. The van der Waals surface area contributed by atoms with Crippen LogP contribution < -0.4 is 16.8 Å². The number of aromatic nitrogens is 5. The first kappa shape index (κ1) is 24.5. The molecule has 1 aliphatic rings. The number of piperidine rings is 1. The van der Waals surface area contributed by atoms with Crippen LogP contribution in [0.4, 0.5) is 17.5 Å². The lowest BCUT2D eigenvalue weighted by atomic mass is 10.1. The monoisotopic (exact) mass is 526 g/mol. The summed E-state index contributed by atoms with van der Waals surface area (Å²) >= 11 is 0. The number of benzene rings is 2. The summed E-state index contributed by atoms with van der Waals surface area (Å²) in [5.74, 6) is 0.731. The summed E-state index contributed by atoms with van der Waals surface area (Å²) in [6.45, 7) is 5.49. The zero-order valence-electron chi connectivity index (χ0n) is 22.0. The lowest BCUT2D eigenvalue weighted by molar-refractivity contribution is 0.192. The second-order valence-electron chi connectivity index (χ2n) is 9.78. The molecule has 5 aromatic rings. The van der Waals surface area contributed by atoms with Crippen molar-refractivity contribution in [1.29, 1.82) is 0 Å². The van der Waals surface area contributed by atoms with Gasteiger partial charge in [0.15, 0.2) is 11.2 Å². The molecule has 5 N–H and O–H groups in total. The van der Waals surface area contributed by atoms with E-state index in [1.165, 1.54) is 13.4 Å². The third-order valence-electron chi connectivity index (χ3n) is 7.00. The highest BCUT2D eigenvalue weighted by molar-refractivity contribution is 5.98. The van der Waals surface area contributed by atoms with Crippen LogP contribution in [0.2, 0.25) is 0 Å². The number of anilines is 3. The van der Waals surface area contributed by atoms with Crippen LogP contribution in [0.1, 0.15) is 30.0 Å². The fourth-order valence-corrected chi connectivity index (χ4v) is 5.23. The topological polar surface area (TPSA) is 159 Å². The summed E-state index contributed by atoms with van der Waals surface area (Å²) in [6.07, 6.45) is 3.32. The summed E-state index contributed by atoms with van der Waals surface area (Å²) < 4.78 is 7.89. The van der Waals surface area contributed by atoms with Crippen LogP contribution in [-0.4, -0.2) is 55.8 Å². The fraction of sp³-hybridized carbons (Fsp3) is 0.296. The molecule has 4 heterocycles. The molecule has 0 amide bonds. The van der Waals surface area contributed by atoms with Gasteiger partial charge < -0.3 is 30.9 Å². The minimum Gasteiger partial charge on any atom is -0.423 e. The second kappa shape index (κ2) is 9.78. The van der Waals surface area contributed by atoms with E-state index in [1.54, 1.807) is 0 Å². The molecule has 12 heteroatoms. The smallest absolute Gasteiger partial charge is 0.300 e. The van der Waals surface area contributed by atoms with Crippen molar-refractivity contribution in [1.82, 2.24) is 29.6 Å². The number of guanidine groups is 1. The van der Waals surface area contributed by atoms with Gasteiger partial charge in [-0.15, -0.1) is 0 Å². The van der Waals surface area contributed by atoms with Gasteiger partial charge in [-0.25, -0.2) is 14.6 Å². The van der Waals surface area contributed by atoms with Crippen molar-refractivity contribution in [3.63, 3.8) is 0 Å². The Bertz CT molecular complexity index is 1690. The van der Waals surface area contributed by atoms with Crippen LogP contribution in [0, 0.1) is 13.8 Å². The Morgan fingerprint density at radius 2 is 2.00 bits per heavy atom. The number of likely N-dealkylation sites (tertiary alicyclic amines) is 1. The molecule has 0 bridgehead atoms. The molecule has 6 rings (SSSR count). The van der Waals surface area contributed by atoms with Gasteiger partial charge in [0.05, 0.1) is 11.4 Å². The molecule has 2 aromatic carbocycles. The minimum atomic E-state index is 0.0297. The standard InChI is InChI=1S/C27H30N10O2/c1-15-11-16(2)23-20(12-15)33-27(39-23)32-18-8-6-17(7-9-18)22-21-24(28)30-14-31-25(21)37(34-22)19-5-4-10-36(13-19)26(29)35-38-3/h6-9,11-12,14,19H,4-5,10,13H2,1-3H3,(H2,29,35)(H,32,33)(H2,28,30,31). The van der Waals surface area contributed by atoms with Gasteiger partial charge in [-0.1, -0.05) is 18.2 Å². The summed E-state index contributed by atoms with van der Waals surface area (Å²) in [4.78, 5) is 20.2. The molecule has 1 aliphatic heterocycles. The van der Waals surface area contributed by atoms with E-state index in [2.05, 4.69) is 31.5 Å². The minimum absolute atomic E-state index is 0.0297. The number of oxime groups is 1. The molecule has 1 atom stereocenters. The first-order valence-electron chi connectivity index (χ1n) is 12.8. The van der Waals surface area contributed by atoms with Gasteiger partial charge in [0, 0.05) is 24.3 Å². The lowest BCUT2D eigenvalue weighted by Crippen LogP contribution is -2.44. The van der Waals surface area contributed by atoms with E-state index in [4.69, 9.17) is 25.8 Å². The molecule has 12 nitrogen and oxygen atoms in total. The Hall–Kier alpha value is -4.87. The Labute approximate surface area is 224 Å². The maximum atomic E-state index is 6.34. The summed E-state index contributed by atoms with van der Waals surface area (Å²) in [6, 6.07) is 12.4. The Kier molecular flexibility index (Phi) is 6.14. The van der Waals surface area contributed by atoms with E-state index in [0.29, 0.717) is 30.0 Å². The van der Waals surface area contributed by atoms with Gasteiger partial charge in [-0.2, -0.15) is 10.1 Å². The van der Waals surface area contributed by atoms with Crippen molar-refractivity contribution in [3.05, 3.63) is 53.9 Å². The molecule has 1 saturated heterocycles. The second-order valence-corrected chi connectivity index (χ2v) is 9.78. The third-order valence-corrected chi connectivity index (χ3v) is 7.00. The van der Waals surface area contributed by atoms with Crippen LogP contribution in [0.5, 0.6) is 0 Å². The number of fused-ring (bicyclic) bond motifs is 2. The van der Waals surface area contributed by atoms with Crippen molar-refractivity contribution >= 4 is 45.6 Å². The van der Waals surface area contributed by atoms with Crippen molar-refractivity contribution in [2.24, 2.45) is 10.9 Å². The molecular formula is C27H30N10O2. The van der Waals surface area contributed by atoms with Gasteiger partial charge in [0.1, 0.15) is 30.5 Å². The molecule has 200 valence electrons. The number of aryl methyl sites for hydroxylation is 2. The number of nitrogen functional groups attached to an aromatic ring is 1.